The Morgan fingerprint density at radius 2 is 1.61 bits per heavy atom. The minimum absolute atomic E-state index is 0.265. The normalized spacial score (nSPS) is 25.6. The smallest absolute Gasteiger partial charge is 0.191 e. The van der Waals surface area contributed by atoms with Crippen LogP contribution in [0.4, 0.5) is 0 Å². The summed E-state index contributed by atoms with van der Waals surface area (Å²) in [5.74, 6) is 0.960. The maximum absolute atomic E-state index is 5.61. The number of morpholine rings is 1. The van der Waals surface area contributed by atoms with E-state index >= 15 is 0 Å². The molecule has 0 spiro atoms. The number of methoxy groups -OCH3 is 1. The third-order valence-corrected chi connectivity index (χ3v) is 7.41. The zero-order valence-electron chi connectivity index (χ0n) is 18.2. The molecule has 1 aliphatic heterocycles. The summed E-state index contributed by atoms with van der Waals surface area (Å²) >= 11 is 0. The van der Waals surface area contributed by atoms with Gasteiger partial charge in [0.2, 0.25) is 0 Å². The van der Waals surface area contributed by atoms with Crippen molar-refractivity contribution in [3.8, 4) is 0 Å². The largest absolute Gasteiger partial charge is 0.385 e. The van der Waals surface area contributed by atoms with Crippen LogP contribution in [0.5, 0.6) is 0 Å². The molecule has 6 nitrogen and oxygen atoms in total. The first-order valence-corrected chi connectivity index (χ1v) is 11.5. The average molecular weight is 395 g/mol. The highest BCUT2D eigenvalue weighted by Crippen LogP contribution is 2.40. The number of hydrogen-bond donors (Lipinski definition) is 2. The quantitative estimate of drug-likeness (QED) is 0.490. The highest BCUT2D eigenvalue weighted by atomic mass is 16.5. The highest BCUT2D eigenvalue weighted by Gasteiger charge is 2.39. The van der Waals surface area contributed by atoms with Gasteiger partial charge in [-0.15, -0.1) is 0 Å². The summed E-state index contributed by atoms with van der Waals surface area (Å²) in [7, 11) is 3.71. The first-order valence-electron chi connectivity index (χ1n) is 11.5. The number of hydrogen-bond acceptors (Lipinski definition) is 4. The molecule has 1 heterocycles. The van der Waals surface area contributed by atoms with Gasteiger partial charge in [-0.05, 0) is 37.5 Å². The van der Waals surface area contributed by atoms with Crippen molar-refractivity contribution >= 4 is 5.96 Å². The Morgan fingerprint density at radius 1 is 0.964 bits per heavy atom. The monoisotopic (exact) mass is 394 g/mol. The summed E-state index contributed by atoms with van der Waals surface area (Å²) in [6, 6.07) is 0. The molecule has 0 aromatic carbocycles. The molecule has 2 saturated carbocycles. The maximum Gasteiger partial charge on any atom is 0.191 e. The van der Waals surface area contributed by atoms with Gasteiger partial charge < -0.3 is 20.1 Å². The molecule has 1 saturated heterocycles. The van der Waals surface area contributed by atoms with Crippen LogP contribution in [-0.4, -0.2) is 76.6 Å². The molecule has 0 amide bonds. The summed E-state index contributed by atoms with van der Waals surface area (Å²) in [6.07, 6.45) is 13.1. The fourth-order valence-electron chi connectivity index (χ4n) is 5.55. The predicted molar refractivity (Wildman–Crippen MR) is 115 cm³/mol. The second-order valence-corrected chi connectivity index (χ2v) is 9.11. The predicted octanol–water partition coefficient (Wildman–Crippen LogP) is 2.78. The lowest BCUT2D eigenvalue weighted by Gasteiger charge is -2.48. The van der Waals surface area contributed by atoms with Crippen LogP contribution >= 0.6 is 0 Å². The van der Waals surface area contributed by atoms with Gasteiger partial charge >= 0.3 is 0 Å². The fourth-order valence-corrected chi connectivity index (χ4v) is 5.55. The zero-order chi connectivity index (χ0) is 19.7. The molecular weight excluding hydrogens is 352 g/mol. The lowest BCUT2D eigenvalue weighted by molar-refractivity contribution is -0.0352. The van der Waals surface area contributed by atoms with Crippen molar-refractivity contribution in [1.82, 2.24) is 15.5 Å². The second kappa shape index (κ2) is 10.8. The standard InChI is InChI=1S/C22H42N4O2/c1-23-20(24-18-21(12-15-27-2)8-6-7-9-21)25-19-22(10-4-3-5-11-22)26-13-16-28-17-14-26/h3-19H2,1-2H3,(H2,23,24,25). The fraction of sp³-hybridized carbons (Fsp3) is 0.955. The zero-order valence-corrected chi connectivity index (χ0v) is 18.2. The SMILES string of the molecule is CN=C(NCC1(CCOC)CCCC1)NCC1(N2CCOCC2)CCCCC1. The van der Waals surface area contributed by atoms with E-state index in [0.717, 1.165) is 58.4 Å². The Bertz CT molecular complexity index is 479. The van der Waals surface area contributed by atoms with E-state index in [1.54, 1.807) is 0 Å². The third kappa shape index (κ3) is 5.61. The molecule has 3 fully saturated rings. The molecule has 0 unspecified atom stereocenters. The highest BCUT2D eigenvalue weighted by molar-refractivity contribution is 5.79. The van der Waals surface area contributed by atoms with Gasteiger partial charge in [0.15, 0.2) is 5.96 Å². The number of guanidine groups is 1. The molecule has 2 N–H and O–H groups in total. The van der Waals surface area contributed by atoms with Crippen molar-refractivity contribution in [3.05, 3.63) is 0 Å². The first-order chi connectivity index (χ1) is 13.7. The van der Waals surface area contributed by atoms with E-state index in [0.29, 0.717) is 5.41 Å². The molecule has 3 rings (SSSR count). The van der Waals surface area contributed by atoms with Crippen LogP contribution in [0, 0.1) is 5.41 Å². The van der Waals surface area contributed by atoms with E-state index in [4.69, 9.17) is 9.47 Å². The van der Waals surface area contributed by atoms with Gasteiger partial charge in [-0.1, -0.05) is 32.1 Å². The Morgan fingerprint density at radius 3 is 2.25 bits per heavy atom. The first kappa shape index (κ1) is 21.8. The van der Waals surface area contributed by atoms with Gasteiger partial charge in [-0.3, -0.25) is 9.89 Å². The minimum atomic E-state index is 0.265. The van der Waals surface area contributed by atoms with Crippen molar-refractivity contribution in [2.45, 2.75) is 69.7 Å². The van der Waals surface area contributed by atoms with Gasteiger partial charge in [-0.25, -0.2) is 0 Å². The molecule has 0 radical (unpaired) electrons. The van der Waals surface area contributed by atoms with E-state index < -0.39 is 0 Å². The van der Waals surface area contributed by atoms with Gasteiger partial charge in [0, 0.05) is 52.5 Å². The summed E-state index contributed by atoms with van der Waals surface area (Å²) in [5, 5.41) is 7.36. The van der Waals surface area contributed by atoms with Crippen molar-refractivity contribution < 1.29 is 9.47 Å². The Kier molecular flexibility index (Phi) is 8.42. The van der Waals surface area contributed by atoms with E-state index in [1.807, 2.05) is 14.2 Å². The van der Waals surface area contributed by atoms with E-state index in [-0.39, 0.29) is 5.54 Å². The molecular formula is C22H42N4O2. The minimum Gasteiger partial charge on any atom is -0.385 e. The Balaban J connectivity index is 1.55. The van der Waals surface area contributed by atoms with Crippen molar-refractivity contribution in [3.63, 3.8) is 0 Å². The van der Waals surface area contributed by atoms with Gasteiger partial charge in [0.05, 0.1) is 13.2 Å². The number of nitrogens with zero attached hydrogens (tertiary/aromatic N) is 2. The van der Waals surface area contributed by atoms with Crippen molar-refractivity contribution in [2.75, 3.05) is 60.2 Å². The molecule has 2 aliphatic carbocycles. The third-order valence-electron chi connectivity index (χ3n) is 7.41. The summed E-state index contributed by atoms with van der Waals surface area (Å²) in [4.78, 5) is 7.23. The summed E-state index contributed by atoms with van der Waals surface area (Å²) in [5.41, 5.74) is 0.640. The molecule has 6 heteroatoms. The van der Waals surface area contributed by atoms with E-state index in [9.17, 15) is 0 Å². The molecule has 0 aromatic rings. The van der Waals surface area contributed by atoms with Gasteiger partial charge in [0.25, 0.3) is 0 Å². The van der Waals surface area contributed by atoms with Gasteiger partial charge in [0.1, 0.15) is 0 Å². The second-order valence-electron chi connectivity index (χ2n) is 9.11. The number of ether oxygens (including phenoxy) is 2. The van der Waals surface area contributed by atoms with Crippen LogP contribution in [0.25, 0.3) is 0 Å². The lowest BCUT2D eigenvalue weighted by Crippen LogP contribution is -2.60. The number of nitrogens with one attached hydrogen (secondary N) is 2. The van der Waals surface area contributed by atoms with Crippen LogP contribution in [-0.2, 0) is 9.47 Å². The van der Waals surface area contributed by atoms with Crippen molar-refractivity contribution in [1.29, 1.82) is 0 Å². The lowest BCUT2D eigenvalue weighted by atomic mass is 9.79. The van der Waals surface area contributed by atoms with Crippen LogP contribution in [0.15, 0.2) is 4.99 Å². The van der Waals surface area contributed by atoms with Crippen LogP contribution in [0.1, 0.15) is 64.2 Å². The van der Waals surface area contributed by atoms with E-state index in [1.165, 1.54) is 57.8 Å². The maximum atomic E-state index is 5.61. The molecule has 0 aromatic heterocycles. The van der Waals surface area contributed by atoms with Gasteiger partial charge in [-0.2, -0.15) is 0 Å². The van der Waals surface area contributed by atoms with Crippen molar-refractivity contribution in [2.24, 2.45) is 10.4 Å². The molecule has 3 aliphatic rings. The van der Waals surface area contributed by atoms with Crippen LogP contribution < -0.4 is 10.6 Å². The number of aliphatic imine (C=N–C) groups is 1. The van der Waals surface area contributed by atoms with Crippen LogP contribution in [0.3, 0.4) is 0 Å². The average Bonchev–Trinajstić information content (AvgIpc) is 3.23. The Hall–Kier alpha value is -0.850. The molecule has 0 atom stereocenters. The summed E-state index contributed by atoms with van der Waals surface area (Å²) in [6.45, 7) is 6.71. The van der Waals surface area contributed by atoms with Crippen LogP contribution in [0.2, 0.25) is 0 Å². The molecule has 0 bridgehead atoms. The molecule has 28 heavy (non-hydrogen) atoms. The number of rotatable bonds is 8. The summed E-state index contributed by atoms with van der Waals surface area (Å²) < 4.78 is 11.0. The topological polar surface area (TPSA) is 58.1 Å². The molecule has 162 valence electrons. The van der Waals surface area contributed by atoms with E-state index in [2.05, 4.69) is 20.5 Å². The Labute approximate surface area is 171 Å².